The topological polar surface area (TPSA) is 16.1 Å². The predicted octanol–water partition coefficient (Wildman–Crippen LogP) is 3.21. The molecule has 0 bridgehead atoms. The Hall–Kier alpha value is -0.280. The molecule has 0 spiro atoms. The van der Waals surface area contributed by atoms with Gasteiger partial charge in [0.05, 0.1) is 11.1 Å². The highest BCUT2D eigenvalue weighted by Gasteiger charge is 2.31. The smallest absolute Gasteiger partial charge is 0.185 e. The molecule has 0 radical (unpaired) electrons. The lowest BCUT2D eigenvalue weighted by atomic mass is 10.1. The summed E-state index contributed by atoms with van der Waals surface area (Å²) in [4.78, 5) is 8.23. The van der Waals surface area contributed by atoms with E-state index in [1.165, 1.54) is 4.88 Å². The van der Waals surface area contributed by atoms with Gasteiger partial charge in [-0.1, -0.05) is 13.3 Å². The summed E-state index contributed by atoms with van der Waals surface area (Å²) < 4.78 is 0. The lowest BCUT2D eigenvalue weighted by Gasteiger charge is -2.13. The van der Waals surface area contributed by atoms with Crippen LogP contribution in [0.2, 0.25) is 0 Å². The number of halogens is 1. The van der Waals surface area contributed by atoms with Crippen molar-refractivity contribution in [3.63, 3.8) is 0 Å². The lowest BCUT2D eigenvalue weighted by molar-refractivity contribution is 0.575. The summed E-state index contributed by atoms with van der Waals surface area (Å²) in [7, 11) is 0. The van der Waals surface area contributed by atoms with Crippen LogP contribution in [0.4, 0.5) is 5.13 Å². The molecule has 2 unspecified atom stereocenters. The number of nitrogens with zero attached hydrogens (tertiary/aromatic N) is 2. The number of alkyl halides is 1. The molecule has 15 heavy (non-hydrogen) atoms. The number of aryl methyl sites for hydroxylation is 2. The van der Waals surface area contributed by atoms with Crippen LogP contribution in [-0.2, 0) is 0 Å². The van der Waals surface area contributed by atoms with E-state index in [0.29, 0.717) is 11.3 Å². The number of thiazole rings is 1. The van der Waals surface area contributed by atoms with Crippen molar-refractivity contribution in [2.75, 3.05) is 18.0 Å². The second-order valence-electron chi connectivity index (χ2n) is 4.23. The van der Waals surface area contributed by atoms with E-state index in [2.05, 4.69) is 30.7 Å². The van der Waals surface area contributed by atoms with Gasteiger partial charge in [0.15, 0.2) is 5.13 Å². The maximum absolute atomic E-state index is 6.30. The Morgan fingerprint density at radius 2 is 2.20 bits per heavy atom. The highest BCUT2D eigenvalue weighted by atomic mass is 35.5. The lowest BCUT2D eigenvalue weighted by Crippen LogP contribution is -2.19. The molecule has 1 fully saturated rings. The van der Waals surface area contributed by atoms with Crippen LogP contribution in [0.3, 0.4) is 0 Å². The molecule has 2 atom stereocenters. The van der Waals surface area contributed by atoms with Gasteiger partial charge in [-0.2, -0.15) is 0 Å². The molecular weight excluding hydrogens is 228 g/mol. The average molecular weight is 245 g/mol. The monoisotopic (exact) mass is 244 g/mol. The van der Waals surface area contributed by atoms with Crippen LogP contribution in [0.1, 0.15) is 23.9 Å². The Morgan fingerprint density at radius 3 is 2.67 bits per heavy atom. The highest BCUT2D eigenvalue weighted by Crippen LogP contribution is 2.32. The third-order valence-electron chi connectivity index (χ3n) is 3.17. The zero-order chi connectivity index (χ0) is 11.0. The van der Waals surface area contributed by atoms with Gasteiger partial charge >= 0.3 is 0 Å². The van der Waals surface area contributed by atoms with E-state index in [1.54, 1.807) is 11.3 Å². The summed E-state index contributed by atoms with van der Waals surface area (Å²) in [5, 5.41) is 1.44. The zero-order valence-corrected chi connectivity index (χ0v) is 11.0. The van der Waals surface area contributed by atoms with Crippen molar-refractivity contribution >= 4 is 28.1 Å². The molecule has 2 heterocycles. The normalized spacial score (nSPS) is 26.3. The van der Waals surface area contributed by atoms with Gasteiger partial charge in [0.2, 0.25) is 0 Å². The van der Waals surface area contributed by atoms with Gasteiger partial charge < -0.3 is 4.90 Å². The molecule has 1 saturated heterocycles. The molecule has 0 aliphatic carbocycles. The quantitative estimate of drug-likeness (QED) is 0.743. The molecule has 0 amide bonds. The number of anilines is 1. The van der Waals surface area contributed by atoms with Gasteiger partial charge in [-0.15, -0.1) is 22.9 Å². The first kappa shape index (κ1) is 11.2. The maximum Gasteiger partial charge on any atom is 0.185 e. The van der Waals surface area contributed by atoms with Crippen LogP contribution in [0.25, 0.3) is 0 Å². The predicted molar refractivity (Wildman–Crippen MR) is 67.2 cm³/mol. The molecule has 2 nitrogen and oxygen atoms in total. The second kappa shape index (κ2) is 4.30. The van der Waals surface area contributed by atoms with Crippen molar-refractivity contribution < 1.29 is 0 Å². The fourth-order valence-electron chi connectivity index (χ4n) is 1.96. The van der Waals surface area contributed by atoms with E-state index in [1.807, 2.05) is 0 Å². The average Bonchev–Trinajstić information content (AvgIpc) is 2.71. The van der Waals surface area contributed by atoms with Crippen molar-refractivity contribution in [2.24, 2.45) is 5.92 Å². The van der Waals surface area contributed by atoms with Crippen molar-refractivity contribution in [2.45, 2.75) is 32.6 Å². The van der Waals surface area contributed by atoms with Crippen LogP contribution < -0.4 is 4.90 Å². The van der Waals surface area contributed by atoms with Crippen LogP contribution in [0, 0.1) is 19.8 Å². The number of hydrogen-bond acceptors (Lipinski definition) is 3. The summed E-state index contributed by atoms with van der Waals surface area (Å²) >= 11 is 8.09. The summed E-state index contributed by atoms with van der Waals surface area (Å²) in [5.41, 5.74) is 1.15. The van der Waals surface area contributed by atoms with Crippen molar-refractivity contribution in [3.8, 4) is 0 Å². The Bertz CT molecular complexity index is 331. The molecule has 0 saturated carbocycles. The molecule has 1 aromatic rings. The summed E-state index contributed by atoms with van der Waals surface area (Å²) in [6.07, 6.45) is 1.16. The van der Waals surface area contributed by atoms with Crippen LogP contribution in [0.5, 0.6) is 0 Å². The standard InChI is InChI=1S/C11H17ClN2S/c1-4-9-5-14(6-10(9)12)11-13-7(2)8(3)15-11/h9-10H,4-6H2,1-3H3. The van der Waals surface area contributed by atoms with Gasteiger partial charge in [-0.05, 0) is 19.8 Å². The minimum Gasteiger partial charge on any atom is -0.346 e. The molecular formula is C11H17ClN2S. The first-order valence-corrected chi connectivity index (χ1v) is 6.70. The fourth-order valence-corrected chi connectivity index (χ4v) is 3.32. The van der Waals surface area contributed by atoms with Crippen LogP contribution in [-0.4, -0.2) is 23.5 Å². The molecule has 2 rings (SSSR count). The van der Waals surface area contributed by atoms with Gasteiger partial charge in [-0.25, -0.2) is 4.98 Å². The fraction of sp³-hybridized carbons (Fsp3) is 0.727. The van der Waals surface area contributed by atoms with Crippen molar-refractivity contribution in [3.05, 3.63) is 10.6 Å². The molecule has 1 aliphatic heterocycles. The van der Waals surface area contributed by atoms with Crippen molar-refractivity contribution in [1.82, 2.24) is 4.98 Å². The summed E-state index contributed by atoms with van der Waals surface area (Å²) in [6.45, 7) is 8.42. The first-order valence-electron chi connectivity index (χ1n) is 5.44. The van der Waals surface area contributed by atoms with Crippen molar-refractivity contribution in [1.29, 1.82) is 0 Å². The third kappa shape index (κ3) is 2.13. The Labute approximate surface area is 100 Å². The SMILES string of the molecule is CCC1CN(c2nc(C)c(C)s2)CC1Cl. The zero-order valence-electron chi connectivity index (χ0n) is 9.46. The number of hydrogen-bond donors (Lipinski definition) is 0. The minimum atomic E-state index is 0.291. The van der Waals surface area contributed by atoms with Gasteiger partial charge in [0.25, 0.3) is 0 Å². The Kier molecular flexibility index (Phi) is 3.21. The number of rotatable bonds is 2. The minimum absolute atomic E-state index is 0.291. The first-order chi connectivity index (χ1) is 7.11. The molecule has 84 valence electrons. The van der Waals surface area contributed by atoms with E-state index in [0.717, 1.165) is 30.3 Å². The molecule has 1 aliphatic rings. The Morgan fingerprint density at radius 1 is 1.47 bits per heavy atom. The van der Waals surface area contributed by atoms with Crippen LogP contribution >= 0.6 is 22.9 Å². The van der Waals surface area contributed by atoms with Gasteiger partial charge in [-0.3, -0.25) is 0 Å². The highest BCUT2D eigenvalue weighted by molar-refractivity contribution is 7.15. The van der Waals surface area contributed by atoms with Crippen LogP contribution in [0.15, 0.2) is 0 Å². The molecule has 0 aromatic carbocycles. The summed E-state index contributed by atoms with van der Waals surface area (Å²) in [5.74, 6) is 0.621. The van der Waals surface area contributed by atoms with E-state index < -0.39 is 0 Å². The van der Waals surface area contributed by atoms with E-state index in [9.17, 15) is 0 Å². The Balaban J connectivity index is 2.13. The summed E-state index contributed by atoms with van der Waals surface area (Å²) in [6, 6.07) is 0. The molecule has 4 heteroatoms. The van der Waals surface area contributed by atoms with Gasteiger partial charge in [0.1, 0.15) is 0 Å². The van der Waals surface area contributed by atoms with E-state index in [4.69, 9.17) is 11.6 Å². The van der Waals surface area contributed by atoms with E-state index >= 15 is 0 Å². The van der Waals surface area contributed by atoms with Gasteiger partial charge in [0, 0.05) is 18.0 Å². The molecule has 0 N–H and O–H groups in total. The molecule has 1 aromatic heterocycles. The third-order valence-corrected chi connectivity index (χ3v) is 4.80. The largest absolute Gasteiger partial charge is 0.346 e. The number of aromatic nitrogens is 1. The van der Waals surface area contributed by atoms with E-state index in [-0.39, 0.29) is 0 Å². The maximum atomic E-state index is 6.30. The second-order valence-corrected chi connectivity index (χ2v) is 5.97.